The number of rotatable bonds is 6. The highest BCUT2D eigenvalue weighted by Gasteiger charge is 2.10. The molecule has 0 amide bonds. The molecule has 0 spiro atoms. The highest BCUT2D eigenvalue weighted by Crippen LogP contribution is 2.12. The Hall–Kier alpha value is -1.25. The van der Waals surface area contributed by atoms with Gasteiger partial charge in [-0.3, -0.25) is 0 Å². The third-order valence-corrected chi connectivity index (χ3v) is 2.32. The second-order valence-electron chi connectivity index (χ2n) is 3.57. The molecule has 0 saturated heterocycles. The maximum atomic E-state index is 11.1. The van der Waals surface area contributed by atoms with E-state index < -0.39 is 5.97 Å². The molecule has 1 heterocycles. The molecule has 0 saturated carbocycles. The Labute approximate surface area is 90.4 Å². The third-order valence-electron chi connectivity index (χ3n) is 2.32. The van der Waals surface area contributed by atoms with Gasteiger partial charge in [-0.2, -0.15) is 0 Å². The number of aryl methyl sites for hydroxylation is 1. The molecule has 0 bridgehead atoms. The Kier molecular flexibility index (Phi) is 4.95. The number of hydrogen-bond acceptors (Lipinski definition) is 3. The van der Waals surface area contributed by atoms with E-state index in [2.05, 4.69) is 11.7 Å². The highest BCUT2D eigenvalue weighted by molar-refractivity contribution is 5.86. The van der Waals surface area contributed by atoms with Crippen molar-refractivity contribution in [3.63, 3.8) is 0 Å². The fourth-order valence-corrected chi connectivity index (χ4v) is 1.45. The van der Waals surface area contributed by atoms with Crippen molar-refractivity contribution < 1.29 is 13.9 Å². The first-order chi connectivity index (χ1) is 7.27. The molecule has 3 nitrogen and oxygen atoms in total. The summed E-state index contributed by atoms with van der Waals surface area (Å²) in [7, 11) is 1.35. The van der Waals surface area contributed by atoms with Crippen molar-refractivity contribution in [1.29, 1.82) is 0 Å². The van der Waals surface area contributed by atoms with E-state index in [4.69, 9.17) is 4.42 Å². The number of hydrogen-bond donors (Lipinski definition) is 0. The first-order valence-electron chi connectivity index (χ1n) is 5.45. The number of furan rings is 1. The van der Waals surface area contributed by atoms with Gasteiger partial charge in [0.2, 0.25) is 5.76 Å². The zero-order valence-corrected chi connectivity index (χ0v) is 9.41. The molecule has 1 aromatic heterocycles. The maximum Gasteiger partial charge on any atom is 0.373 e. The Morgan fingerprint density at radius 1 is 1.33 bits per heavy atom. The number of unbranched alkanes of at least 4 members (excludes halogenated alkanes) is 3. The van der Waals surface area contributed by atoms with Gasteiger partial charge in [0.1, 0.15) is 5.76 Å². The van der Waals surface area contributed by atoms with Gasteiger partial charge >= 0.3 is 5.97 Å². The molecule has 0 aliphatic rings. The van der Waals surface area contributed by atoms with Crippen LogP contribution in [0, 0.1) is 0 Å². The fraction of sp³-hybridized carbons (Fsp3) is 0.583. The number of carbonyl (C=O) groups excluding carboxylic acids is 1. The Balaban J connectivity index is 2.36. The predicted octanol–water partition coefficient (Wildman–Crippen LogP) is 3.19. The minimum Gasteiger partial charge on any atom is -0.463 e. The Bertz CT molecular complexity index is 302. The molecule has 0 unspecified atom stereocenters. The summed E-state index contributed by atoms with van der Waals surface area (Å²) in [6, 6.07) is 3.51. The molecule has 3 heteroatoms. The topological polar surface area (TPSA) is 39.4 Å². The lowest BCUT2D eigenvalue weighted by Crippen LogP contribution is -1.98. The van der Waals surface area contributed by atoms with E-state index in [1.165, 1.54) is 26.4 Å². The predicted molar refractivity (Wildman–Crippen MR) is 57.9 cm³/mol. The summed E-state index contributed by atoms with van der Waals surface area (Å²) in [6.07, 6.45) is 5.71. The van der Waals surface area contributed by atoms with Gasteiger partial charge in [0.05, 0.1) is 7.11 Å². The van der Waals surface area contributed by atoms with Gasteiger partial charge in [-0.05, 0) is 18.6 Å². The molecular formula is C12H18O3. The summed E-state index contributed by atoms with van der Waals surface area (Å²) in [6.45, 7) is 2.18. The van der Waals surface area contributed by atoms with Crippen molar-refractivity contribution in [1.82, 2.24) is 0 Å². The average Bonchev–Trinajstić information content (AvgIpc) is 2.72. The lowest BCUT2D eigenvalue weighted by atomic mass is 10.1. The van der Waals surface area contributed by atoms with E-state index in [1.807, 2.05) is 6.07 Å². The normalized spacial score (nSPS) is 10.3. The van der Waals surface area contributed by atoms with Crippen LogP contribution in [0.25, 0.3) is 0 Å². The summed E-state index contributed by atoms with van der Waals surface area (Å²) in [5.41, 5.74) is 0. The summed E-state index contributed by atoms with van der Waals surface area (Å²) in [5.74, 6) is 0.754. The molecule has 0 atom stereocenters. The summed E-state index contributed by atoms with van der Waals surface area (Å²) in [5, 5.41) is 0. The van der Waals surface area contributed by atoms with Crippen LogP contribution in [0.4, 0.5) is 0 Å². The first-order valence-corrected chi connectivity index (χ1v) is 5.45. The monoisotopic (exact) mass is 210 g/mol. The largest absolute Gasteiger partial charge is 0.463 e. The number of carbonyl (C=O) groups is 1. The fourth-order valence-electron chi connectivity index (χ4n) is 1.45. The van der Waals surface area contributed by atoms with Crippen LogP contribution in [0.15, 0.2) is 16.5 Å². The van der Waals surface area contributed by atoms with Gasteiger partial charge in [-0.15, -0.1) is 0 Å². The lowest BCUT2D eigenvalue weighted by molar-refractivity contribution is 0.0563. The molecule has 0 fully saturated rings. The summed E-state index contributed by atoms with van der Waals surface area (Å²) >= 11 is 0. The third kappa shape index (κ3) is 3.78. The molecule has 1 rings (SSSR count). The van der Waals surface area contributed by atoms with Gasteiger partial charge in [-0.1, -0.05) is 26.2 Å². The molecule has 84 valence electrons. The van der Waals surface area contributed by atoms with E-state index in [0.29, 0.717) is 5.76 Å². The standard InChI is InChI=1S/C12H18O3/c1-3-4-5-6-7-10-8-9-11(15-10)12(13)14-2/h8-9H,3-7H2,1-2H3. The molecule has 0 radical (unpaired) electrons. The van der Waals surface area contributed by atoms with Gasteiger partial charge in [0.15, 0.2) is 0 Å². The van der Waals surface area contributed by atoms with Crippen LogP contribution >= 0.6 is 0 Å². The second kappa shape index (κ2) is 6.27. The van der Waals surface area contributed by atoms with Gasteiger partial charge in [0.25, 0.3) is 0 Å². The van der Waals surface area contributed by atoms with E-state index >= 15 is 0 Å². The lowest BCUT2D eigenvalue weighted by Gasteiger charge is -1.97. The molecular weight excluding hydrogens is 192 g/mol. The maximum absolute atomic E-state index is 11.1. The SMILES string of the molecule is CCCCCCc1ccc(C(=O)OC)o1. The molecule has 1 aromatic rings. The van der Waals surface area contributed by atoms with Crippen LogP contribution in [-0.2, 0) is 11.2 Å². The Morgan fingerprint density at radius 2 is 2.13 bits per heavy atom. The molecule has 0 aliphatic carbocycles. The van der Waals surface area contributed by atoms with E-state index in [-0.39, 0.29) is 0 Å². The minimum absolute atomic E-state index is 0.294. The van der Waals surface area contributed by atoms with E-state index in [9.17, 15) is 4.79 Å². The number of esters is 1. The van der Waals surface area contributed by atoms with Crippen molar-refractivity contribution >= 4 is 5.97 Å². The number of ether oxygens (including phenoxy) is 1. The smallest absolute Gasteiger partial charge is 0.373 e. The van der Waals surface area contributed by atoms with Crippen LogP contribution in [0.1, 0.15) is 48.9 Å². The van der Waals surface area contributed by atoms with Crippen molar-refractivity contribution in [2.45, 2.75) is 39.0 Å². The minimum atomic E-state index is -0.408. The van der Waals surface area contributed by atoms with Crippen LogP contribution in [0.2, 0.25) is 0 Å². The van der Waals surface area contributed by atoms with Crippen molar-refractivity contribution in [3.05, 3.63) is 23.7 Å². The van der Waals surface area contributed by atoms with E-state index in [0.717, 1.165) is 18.6 Å². The quantitative estimate of drug-likeness (QED) is 0.534. The summed E-state index contributed by atoms with van der Waals surface area (Å²) < 4.78 is 9.90. The molecule has 0 aromatic carbocycles. The van der Waals surface area contributed by atoms with Crippen molar-refractivity contribution in [2.75, 3.05) is 7.11 Å². The van der Waals surface area contributed by atoms with Crippen LogP contribution in [0.3, 0.4) is 0 Å². The van der Waals surface area contributed by atoms with Crippen molar-refractivity contribution in [3.8, 4) is 0 Å². The van der Waals surface area contributed by atoms with Crippen LogP contribution in [0.5, 0.6) is 0 Å². The van der Waals surface area contributed by atoms with Crippen molar-refractivity contribution in [2.24, 2.45) is 0 Å². The van der Waals surface area contributed by atoms with Gasteiger partial charge in [-0.25, -0.2) is 4.79 Å². The molecule has 15 heavy (non-hydrogen) atoms. The average molecular weight is 210 g/mol. The zero-order chi connectivity index (χ0) is 11.1. The highest BCUT2D eigenvalue weighted by atomic mass is 16.5. The summed E-state index contributed by atoms with van der Waals surface area (Å²) in [4.78, 5) is 11.1. The molecule has 0 aliphatic heterocycles. The number of methoxy groups -OCH3 is 1. The molecule has 0 N–H and O–H groups in total. The zero-order valence-electron chi connectivity index (χ0n) is 9.41. The van der Waals surface area contributed by atoms with Crippen LogP contribution in [-0.4, -0.2) is 13.1 Å². The van der Waals surface area contributed by atoms with Gasteiger partial charge in [0, 0.05) is 6.42 Å². The first kappa shape index (κ1) is 11.8. The second-order valence-corrected chi connectivity index (χ2v) is 3.57. The van der Waals surface area contributed by atoms with E-state index in [1.54, 1.807) is 6.07 Å². The van der Waals surface area contributed by atoms with Crippen LogP contribution < -0.4 is 0 Å². The Morgan fingerprint density at radius 3 is 2.80 bits per heavy atom. The van der Waals surface area contributed by atoms with Gasteiger partial charge < -0.3 is 9.15 Å².